The maximum Gasteiger partial charge on any atom is 0.415 e. The van der Waals surface area contributed by atoms with Gasteiger partial charge in [0.15, 0.2) is 5.75 Å². The largest absolute Gasteiger partial charge is 0.415 e. The van der Waals surface area contributed by atoms with Gasteiger partial charge in [-0.2, -0.15) is 0 Å². The summed E-state index contributed by atoms with van der Waals surface area (Å²) in [4.78, 5) is 26.3. The molecule has 2 amide bonds. The van der Waals surface area contributed by atoms with Crippen LogP contribution < -0.4 is 10.1 Å². The van der Waals surface area contributed by atoms with Gasteiger partial charge in [0.2, 0.25) is 5.91 Å². The van der Waals surface area contributed by atoms with Crippen molar-refractivity contribution in [1.29, 1.82) is 0 Å². The molecule has 0 bridgehead atoms. The van der Waals surface area contributed by atoms with E-state index in [1.807, 2.05) is 18.4 Å². The number of rotatable bonds is 7. The highest BCUT2D eigenvalue weighted by Crippen LogP contribution is 2.35. The third-order valence-corrected chi connectivity index (χ3v) is 5.24. The lowest BCUT2D eigenvalue weighted by molar-refractivity contribution is -0.115. The van der Waals surface area contributed by atoms with Gasteiger partial charge in [-0.25, -0.2) is 9.18 Å². The number of nitrogens with zero attached hydrogens (tertiary/aromatic N) is 2. The number of hydrogen-bond acceptors (Lipinski definition) is 3. The molecule has 2 aromatic carbocycles. The molecule has 1 atom stereocenters. The molecular formula is C23H25ClFN3O3. The van der Waals surface area contributed by atoms with Gasteiger partial charge in [-0.3, -0.25) is 4.79 Å². The highest BCUT2D eigenvalue weighted by atomic mass is 35.5. The van der Waals surface area contributed by atoms with Crippen LogP contribution in [0.1, 0.15) is 26.3 Å². The number of halogens is 2. The van der Waals surface area contributed by atoms with Gasteiger partial charge >= 0.3 is 6.09 Å². The number of anilines is 1. The molecule has 164 valence electrons. The molecule has 31 heavy (non-hydrogen) atoms. The molecule has 6 nitrogen and oxygen atoms in total. The van der Waals surface area contributed by atoms with E-state index >= 15 is 0 Å². The fourth-order valence-electron chi connectivity index (χ4n) is 3.28. The Bertz CT molecular complexity index is 1090. The second kappa shape index (κ2) is 9.83. The monoisotopic (exact) mass is 445 g/mol. The van der Waals surface area contributed by atoms with E-state index < -0.39 is 17.4 Å². The average Bonchev–Trinajstić information content (AvgIpc) is 3.15. The maximum atomic E-state index is 14.1. The minimum absolute atomic E-state index is 0.221. The Balaban J connectivity index is 2.03. The second-order valence-corrected chi connectivity index (χ2v) is 7.71. The molecule has 3 aromatic rings. The molecule has 1 heterocycles. The number of carbonyl (C=O) groups excluding carboxylic acids is 2. The van der Waals surface area contributed by atoms with Crippen LogP contribution in [0, 0.1) is 5.82 Å². The predicted molar refractivity (Wildman–Crippen MR) is 120 cm³/mol. The SMILES string of the molecule is CCN(CC)C(=O)Oc1ccc2c(ccn2Cc2ccccc2F)c1NC(=O)[C@H](C)Cl. The molecule has 0 saturated heterocycles. The third-order valence-electron chi connectivity index (χ3n) is 5.04. The topological polar surface area (TPSA) is 63.6 Å². The summed E-state index contributed by atoms with van der Waals surface area (Å²) in [6, 6.07) is 11.8. The van der Waals surface area contributed by atoms with E-state index in [1.54, 1.807) is 49.5 Å². The Morgan fingerprint density at radius 3 is 2.52 bits per heavy atom. The summed E-state index contributed by atoms with van der Waals surface area (Å²) in [6.07, 6.45) is 1.29. The number of fused-ring (bicyclic) bond motifs is 1. The maximum absolute atomic E-state index is 14.1. The number of ether oxygens (including phenoxy) is 1. The van der Waals surface area contributed by atoms with Crippen molar-refractivity contribution in [2.24, 2.45) is 0 Å². The summed E-state index contributed by atoms with van der Waals surface area (Å²) in [6.45, 7) is 6.58. The van der Waals surface area contributed by atoms with Crippen LogP contribution in [-0.2, 0) is 11.3 Å². The number of benzene rings is 2. The van der Waals surface area contributed by atoms with Crippen molar-refractivity contribution in [3.05, 3.63) is 60.0 Å². The molecule has 0 aliphatic heterocycles. The van der Waals surface area contributed by atoms with E-state index in [0.717, 1.165) is 5.52 Å². The van der Waals surface area contributed by atoms with Gasteiger partial charge in [0, 0.05) is 30.2 Å². The highest BCUT2D eigenvalue weighted by molar-refractivity contribution is 6.32. The lowest BCUT2D eigenvalue weighted by atomic mass is 10.1. The van der Waals surface area contributed by atoms with Crippen LogP contribution in [0.4, 0.5) is 14.9 Å². The minimum atomic E-state index is -0.776. The van der Waals surface area contributed by atoms with Gasteiger partial charge in [-0.05, 0) is 45.0 Å². The smallest absolute Gasteiger partial charge is 0.408 e. The first kappa shape index (κ1) is 22.6. The normalized spacial score (nSPS) is 11.9. The molecule has 0 spiro atoms. The summed E-state index contributed by atoms with van der Waals surface area (Å²) in [7, 11) is 0. The van der Waals surface area contributed by atoms with Crippen LogP contribution in [-0.4, -0.2) is 39.9 Å². The van der Waals surface area contributed by atoms with Crippen molar-refractivity contribution in [2.45, 2.75) is 32.7 Å². The molecule has 0 aliphatic rings. The first-order valence-corrected chi connectivity index (χ1v) is 10.6. The molecule has 0 saturated carbocycles. The number of hydrogen-bond donors (Lipinski definition) is 1. The molecule has 0 fully saturated rings. The van der Waals surface area contributed by atoms with Crippen molar-refractivity contribution >= 4 is 40.2 Å². The van der Waals surface area contributed by atoms with Gasteiger partial charge in [0.25, 0.3) is 0 Å². The number of aromatic nitrogens is 1. The average molecular weight is 446 g/mol. The van der Waals surface area contributed by atoms with E-state index in [1.165, 1.54) is 11.0 Å². The van der Waals surface area contributed by atoms with Crippen LogP contribution in [0.5, 0.6) is 5.75 Å². The van der Waals surface area contributed by atoms with E-state index in [4.69, 9.17) is 16.3 Å². The van der Waals surface area contributed by atoms with Crippen LogP contribution in [0.15, 0.2) is 48.7 Å². The van der Waals surface area contributed by atoms with Gasteiger partial charge < -0.3 is 19.5 Å². The highest BCUT2D eigenvalue weighted by Gasteiger charge is 2.21. The summed E-state index contributed by atoms with van der Waals surface area (Å²) < 4.78 is 21.6. The molecule has 1 aromatic heterocycles. The summed E-state index contributed by atoms with van der Waals surface area (Å²) in [5, 5.41) is 2.65. The van der Waals surface area contributed by atoms with E-state index in [0.29, 0.717) is 36.3 Å². The number of amides is 2. The van der Waals surface area contributed by atoms with Crippen molar-refractivity contribution < 1.29 is 18.7 Å². The van der Waals surface area contributed by atoms with Crippen molar-refractivity contribution in [1.82, 2.24) is 9.47 Å². The van der Waals surface area contributed by atoms with E-state index in [-0.39, 0.29) is 11.6 Å². The van der Waals surface area contributed by atoms with E-state index in [2.05, 4.69) is 5.32 Å². The van der Waals surface area contributed by atoms with Crippen LogP contribution in [0.25, 0.3) is 10.9 Å². The zero-order chi connectivity index (χ0) is 22.5. The van der Waals surface area contributed by atoms with Crippen LogP contribution >= 0.6 is 11.6 Å². The molecule has 0 radical (unpaired) electrons. The Morgan fingerprint density at radius 2 is 1.87 bits per heavy atom. The van der Waals surface area contributed by atoms with Crippen molar-refractivity contribution in [2.75, 3.05) is 18.4 Å². The van der Waals surface area contributed by atoms with Gasteiger partial charge in [0.05, 0.1) is 17.7 Å². The molecule has 3 rings (SSSR count). The Kier molecular flexibility index (Phi) is 7.17. The first-order chi connectivity index (χ1) is 14.8. The summed E-state index contributed by atoms with van der Waals surface area (Å²) in [5.74, 6) is -0.492. The zero-order valence-electron chi connectivity index (χ0n) is 17.7. The van der Waals surface area contributed by atoms with Crippen molar-refractivity contribution in [3.63, 3.8) is 0 Å². The fourth-order valence-corrected chi connectivity index (χ4v) is 3.33. The number of nitrogens with one attached hydrogen (secondary N) is 1. The third kappa shape index (κ3) is 4.99. The Morgan fingerprint density at radius 1 is 1.16 bits per heavy atom. The minimum Gasteiger partial charge on any atom is -0.408 e. The summed E-state index contributed by atoms with van der Waals surface area (Å²) >= 11 is 5.94. The number of alkyl halides is 1. The Labute approximate surface area is 185 Å². The van der Waals surface area contributed by atoms with Crippen LogP contribution in [0.3, 0.4) is 0 Å². The Hall–Kier alpha value is -3.06. The lowest BCUT2D eigenvalue weighted by Crippen LogP contribution is -2.33. The quantitative estimate of drug-likeness (QED) is 0.506. The molecule has 0 aliphatic carbocycles. The number of carbonyl (C=O) groups is 2. The first-order valence-electron chi connectivity index (χ1n) is 10.1. The predicted octanol–water partition coefficient (Wildman–Crippen LogP) is 5.24. The second-order valence-electron chi connectivity index (χ2n) is 7.05. The van der Waals surface area contributed by atoms with Crippen molar-refractivity contribution in [3.8, 4) is 5.75 Å². The fraction of sp³-hybridized carbons (Fsp3) is 0.304. The van der Waals surface area contributed by atoms with Gasteiger partial charge in [0.1, 0.15) is 11.2 Å². The van der Waals surface area contributed by atoms with Crippen LogP contribution in [0.2, 0.25) is 0 Å². The van der Waals surface area contributed by atoms with Gasteiger partial charge in [-0.15, -0.1) is 11.6 Å². The van der Waals surface area contributed by atoms with Gasteiger partial charge in [-0.1, -0.05) is 18.2 Å². The van der Waals surface area contributed by atoms with E-state index in [9.17, 15) is 14.0 Å². The zero-order valence-corrected chi connectivity index (χ0v) is 18.4. The molecule has 8 heteroatoms. The standard InChI is InChI=1S/C23H25ClFN3O3/c1-4-27(5-2)23(30)31-20-11-10-19-17(21(20)26-22(29)15(3)24)12-13-28(19)14-16-8-6-7-9-18(16)25/h6-13,15H,4-5,14H2,1-3H3,(H,26,29)/t15-/m0/s1. The molecule has 0 unspecified atom stereocenters. The lowest BCUT2D eigenvalue weighted by Gasteiger charge is -2.20. The molecule has 1 N–H and O–H groups in total. The molecular weight excluding hydrogens is 421 g/mol. The summed E-state index contributed by atoms with van der Waals surface area (Å²) in [5.41, 5.74) is 1.64.